The van der Waals surface area contributed by atoms with E-state index in [1.807, 2.05) is 29.2 Å². The van der Waals surface area contributed by atoms with Gasteiger partial charge in [0.05, 0.1) is 0 Å². The van der Waals surface area contributed by atoms with Crippen LogP contribution in [0.15, 0.2) is 24.3 Å². The molecule has 19 heavy (non-hydrogen) atoms. The molecule has 0 saturated carbocycles. The Labute approximate surface area is 111 Å². The first kappa shape index (κ1) is 12.0. The maximum absolute atomic E-state index is 11.4. The van der Waals surface area contributed by atoms with Gasteiger partial charge in [0.25, 0.3) is 0 Å². The highest BCUT2D eigenvalue weighted by atomic mass is 16.4. The zero-order valence-electron chi connectivity index (χ0n) is 10.5. The standard InChI is InChI=1S/C14H16N2O3/c17-13-6-5-10(15-13)8-16-11-4-2-1-3-9(11)7-12(16)14(18)19/h1-4,10,12H,5-8H2,(H,15,17)(H,18,19). The summed E-state index contributed by atoms with van der Waals surface area (Å²) in [5.74, 6) is -0.745. The van der Waals surface area contributed by atoms with E-state index in [0.29, 0.717) is 19.4 Å². The van der Waals surface area contributed by atoms with Gasteiger partial charge in [0.1, 0.15) is 6.04 Å². The SMILES string of the molecule is O=C1CCC(CN2c3ccccc3CC2C(=O)O)N1. The fourth-order valence-electron chi connectivity index (χ4n) is 2.95. The van der Waals surface area contributed by atoms with Gasteiger partial charge in [-0.2, -0.15) is 0 Å². The summed E-state index contributed by atoms with van der Waals surface area (Å²) in [7, 11) is 0. The minimum Gasteiger partial charge on any atom is -0.480 e. The van der Waals surface area contributed by atoms with Crippen LogP contribution in [0.25, 0.3) is 0 Å². The number of para-hydroxylation sites is 1. The molecule has 3 rings (SSSR count). The summed E-state index contributed by atoms with van der Waals surface area (Å²) in [6.45, 7) is 0.569. The van der Waals surface area contributed by atoms with Crippen LogP contribution in [0.5, 0.6) is 0 Å². The van der Waals surface area contributed by atoms with Crippen LogP contribution in [0.1, 0.15) is 18.4 Å². The first-order chi connectivity index (χ1) is 9.15. The quantitative estimate of drug-likeness (QED) is 0.842. The van der Waals surface area contributed by atoms with Crippen LogP contribution in [-0.2, 0) is 16.0 Å². The summed E-state index contributed by atoms with van der Waals surface area (Å²) >= 11 is 0. The fraction of sp³-hybridized carbons (Fsp3) is 0.429. The molecule has 2 N–H and O–H groups in total. The summed E-state index contributed by atoms with van der Waals surface area (Å²) < 4.78 is 0. The molecule has 1 aromatic rings. The molecule has 2 heterocycles. The van der Waals surface area contributed by atoms with E-state index < -0.39 is 12.0 Å². The number of anilines is 1. The third-order valence-corrected chi connectivity index (χ3v) is 3.88. The predicted octanol–water partition coefficient (Wildman–Crippen LogP) is 0.781. The lowest BCUT2D eigenvalue weighted by Gasteiger charge is -2.27. The van der Waals surface area contributed by atoms with E-state index >= 15 is 0 Å². The first-order valence-electron chi connectivity index (χ1n) is 6.52. The Morgan fingerprint density at radius 1 is 1.42 bits per heavy atom. The molecule has 2 unspecified atom stereocenters. The molecule has 0 aliphatic carbocycles. The second-order valence-electron chi connectivity index (χ2n) is 5.14. The van der Waals surface area contributed by atoms with Crippen molar-refractivity contribution in [3.05, 3.63) is 29.8 Å². The molecule has 1 amide bonds. The molecule has 0 radical (unpaired) electrons. The summed E-state index contributed by atoms with van der Waals surface area (Å²) in [6.07, 6.45) is 1.86. The molecule has 1 fully saturated rings. The number of carbonyl (C=O) groups is 2. The van der Waals surface area contributed by atoms with Crippen LogP contribution in [0.3, 0.4) is 0 Å². The number of aliphatic carboxylic acids is 1. The number of rotatable bonds is 3. The monoisotopic (exact) mass is 260 g/mol. The number of carboxylic acid groups (broad SMARTS) is 1. The van der Waals surface area contributed by atoms with Crippen molar-refractivity contribution < 1.29 is 14.7 Å². The largest absolute Gasteiger partial charge is 0.480 e. The Morgan fingerprint density at radius 3 is 2.89 bits per heavy atom. The van der Waals surface area contributed by atoms with Gasteiger partial charge >= 0.3 is 5.97 Å². The molecule has 0 aromatic heterocycles. The van der Waals surface area contributed by atoms with E-state index in [2.05, 4.69) is 5.32 Å². The van der Waals surface area contributed by atoms with E-state index in [-0.39, 0.29) is 11.9 Å². The van der Waals surface area contributed by atoms with Crippen LogP contribution < -0.4 is 10.2 Å². The van der Waals surface area contributed by atoms with Gasteiger partial charge in [0.2, 0.25) is 5.91 Å². The highest BCUT2D eigenvalue weighted by molar-refractivity contribution is 5.83. The number of amides is 1. The van der Waals surface area contributed by atoms with Crippen molar-refractivity contribution in [2.45, 2.75) is 31.3 Å². The maximum atomic E-state index is 11.4. The Hall–Kier alpha value is -2.04. The lowest BCUT2D eigenvalue weighted by atomic mass is 10.1. The molecule has 0 bridgehead atoms. The van der Waals surface area contributed by atoms with Gasteiger partial charge < -0.3 is 15.3 Å². The highest BCUT2D eigenvalue weighted by Gasteiger charge is 2.36. The van der Waals surface area contributed by atoms with Gasteiger partial charge in [-0.3, -0.25) is 4.79 Å². The van der Waals surface area contributed by atoms with E-state index in [1.165, 1.54) is 0 Å². The molecular formula is C14H16N2O3. The average Bonchev–Trinajstić information content (AvgIpc) is 2.95. The third kappa shape index (κ3) is 2.16. The second kappa shape index (κ2) is 4.57. The number of carbonyl (C=O) groups excluding carboxylic acids is 1. The van der Waals surface area contributed by atoms with Crippen molar-refractivity contribution in [1.29, 1.82) is 0 Å². The van der Waals surface area contributed by atoms with Crippen molar-refractivity contribution in [3.63, 3.8) is 0 Å². The minimum atomic E-state index is -0.805. The molecule has 5 heteroatoms. The van der Waals surface area contributed by atoms with Crippen molar-refractivity contribution in [2.24, 2.45) is 0 Å². The molecule has 2 aliphatic heterocycles. The van der Waals surface area contributed by atoms with Crippen LogP contribution in [-0.4, -0.2) is 35.6 Å². The molecule has 5 nitrogen and oxygen atoms in total. The fourth-order valence-corrected chi connectivity index (χ4v) is 2.95. The lowest BCUT2D eigenvalue weighted by Crippen LogP contribution is -2.45. The molecule has 1 aromatic carbocycles. The first-order valence-corrected chi connectivity index (χ1v) is 6.52. The van der Waals surface area contributed by atoms with Crippen LogP contribution in [0.2, 0.25) is 0 Å². The molecule has 1 saturated heterocycles. The van der Waals surface area contributed by atoms with Crippen LogP contribution in [0.4, 0.5) is 5.69 Å². The second-order valence-corrected chi connectivity index (χ2v) is 5.14. The molecule has 2 atom stereocenters. The predicted molar refractivity (Wildman–Crippen MR) is 70.1 cm³/mol. The van der Waals surface area contributed by atoms with Crippen LogP contribution >= 0.6 is 0 Å². The Bertz CT molecular complexity index is 529. The topological polar surface area (TPSA) is 69.6 Å². The van der Waals surface area contributed by atoms with Gasteiger partial charge in [-0.05, 0) is 18.1 Å². The summed E-state index contributed by atoms with van der Waals surface area (Å²) in [5, 5.41) is 12.3. The van der Waals surface area contributed by atoms with Gasteiger partial charge in [0, 0.05) is 31.1 Å². The number of hydrogen-bond donors (Lipinski definition) is 2. The minimum absolute atomic E-state index is 0.0560. The van der Waals surface area contributed by atoms with E-state index in [4.69, 9.17) is 0 Å². The van der Waals surface area contributed by atoms with Gasteiger partial charge in [-0.1, -0.05) is 18.2 Å². The van der Waals surface area contributed by atoms with E-state index in [0.717, 1.165) is 17.7 Å². The van der Waals surface area contributed by atoms with E-state index in [1.54, 1.807) is 0 Å². The van der Waals surface area contributed by atoms with Gasteiger partial charge in [0.15, 0.2) is 0 Å². The highest BCUT2D eigenvalue weighted by Crippen LogP contribution is 2.32. The Balaban J connectivity index is 1.83. The van der Waals surface area contributed by atoms with Gasteiger partial charge in [-0.25, -0.2) is 4.79 Å². The summed E-state index contributed by atoms with van der Waals surface area (Å²) in [5.41, 5.74) is 2.05. The number of nitrogens with zero attached hydrogens (tertiary/aromatic N) is 1. The summed E-state index contributed by atoms with van der Waals surface area (Å²) in [6, 6.07) is 7.31. The van der Waals surface area contributed by atoms with Crippen molar-refractivity contribution in [3.8, 4) is 0 Å². The molecule has 0 spiro atoms. The lowest BCUT2D eigenvalue weighted by molar-refractivity contribution is -0.138. The van der Waals surface area contributed by atoms with E-state index in [9.17, 15) is 14.7 Å². The maximum Gasteiger partial charge on any atom is 0.326 e. The molecule has 100 valence electrons. The number of nitrogens with one attached hydrogen (secondary N) is 1. The Kier molecular flexibility index (Phi) is 2.89. The zero-order chi connectivity index (χ0) is 13.4. The smallest absolute Gasteiger partial charge is 0.326 e. The molecule has 2 aliphatic rings. The Morgan fingerprint density at radius 2 is 2.21 bits per heavy atom. The van der Waals surface area contributed by atoms with Crippen molar-refractivity contribution in [1.82, 2.24) is 5.32 Å². The zero-order valence-corrected chi connectivity index (χ0v) is 10.5. The average molecular weight is 260 g/mol. The van der Waals surface area contributed by atoms with Crippen molar-refractivity contribution >= 4 is 17.6 Å². The molecular weight excluding hydrogens is 244 g/mol. The van der Waals surface area contributed by atoms with Crippen molar-refractivity contribution in [2.75, 3.05) is 11.4 Å². The number of benzene rings is 1. The number of fused-ring (bicyclic) bond motifs is 1. The number of carboxylic acids is 1. The normalized spacial score (nSPS) is 25.3. The third-order valence-electron chi connectivity index (χ3n) is 3.88. The van der Waals surface area contributed by atoms with Crippen LogP contribution in [0, 0.1) is 0 Å². The van der Waals surface area contributed by atoms with Gasteiger partial charge in [-0.15, -0.1) is 0 Å². The summed E-state index contributed by atoms with van der Waals surface area (Å²) in [4.78, 5) is 24.5. The number of hydrogen-bond acceptors (Lipinski definition) is 3.